The molecule has 164 valence electrons. The zero-order valence-electron chi connectivity index (χ0n) is 16.5. The molecule has 0 aliphatic carbocycles. The Kier molecular flexibility index (Phi) is 7.09. The quantitative estimate of drug-likeness (QED) is 0.202. The van der Waals surface area contributed by atoms with Crippen molar-refractivity contribution in [2.75, 3.05) is 0 Å². The number of thioether (sulfide) groups is 1. The van der Waals surface area contributed by atoms with Crippen molar-refractivity contribution in [1.82, 2.24) is 20.2 Å². The first-order valence-corrected chi connectivity index (χ1v) is 11.0. The second-order valence-electron chi connectivity index (χ2n) is 6.46. The molecule has 0 radical (unpaired) electrons. The van der Waals surface area contributed by atoms with E-state index in [9.17, 15) is 4.39 Å². The van der Waals surface area contributed by atoms with Crippen LogP contribution < -0.4 is 9.47 Å². The van der Waals surface area contributed by atoms with Crippen molar-refractivity contribution in [2.45, 2.75) is 24.0 Å². The summed E-state index contributed by atoms with van der Waals surface area (Å²) in [7, 11) is 0. The van der Waals surface area contributed by atoms with Crippen LogP contribution in [0, 0.1) is 5.82 Å². The summed E-state index contributed by atoms with van der Waals surface area (Å²) in [5.41, 5.74) is 0.986. The fourth-order valence-corrected chi connectivity index (χ4v) is 3.47. The number of hydrogen-bond acceptors (Lipinski definition) is 8. The van der Waals surface area contributed by atoms with Gasteiger partial charge in [-0.15, -0.1) is 10.2 Å². The fraction of sp³-hybridized carbons (Fsp3) is 0.143. The lowest BCUT2D eigenvalue weighted by molar-refractivity contribution is 0.181. The van der Waals surface area contributed by atoms with E-state index in [2.05, 4.69) is 20.2 Å². The molecule has 3 heterocycles. The fourth-order valence-electron chi connectivity index (χ4n) is 2.51. The van der Waals surface area contributed by atoms with Gasteiger partial charge in [0.25, 0.3) is 17.0 Å². The summed E-state index contributed by atoms with van der Waals surface area (Å²) >= 11 is 12.9. The second kappa shape index (κ2) is 10.2. The first kappa shape index (κ1) is 22.3. The molecule has 4 rings (SSSR count). The summed E-state index contributed by atoms with van der Waals surface area (Å²) in [6.45, 7) is 1.79. The lowest BCUT2D eigenvalue weighted by Gasteiger charge is -2.11. The minimum atomic E-state index is -0.649. The Morgan fingerprint density at radius 1 is 1.03 bits per heavy atom. The summed E-state index contributed by atoms with van der Waals surface area (Å²) < 4.78 is 30.8. The van der Waals surface area contributed by atoms with Crippen LogP contribution in [-0.4, -0.2) is 20.2 Å². The zero-order chi connectivity index (χ0) is 22.5. The molecule has 0 fully saturated rings. The smallest absolute Gasteiger partial charge is 0.277 e. The molecule has 0 bridgehead atoms. The van der Waals surface area contributed by atoms with E-state index >= 15 is 0 Å². The van der Waals surface area contributed by atoms with Gasteiger partial charge in [0.15, 0.2) is 11.9 Å². The molecular weight excluding hydrogens is 478 g/mol. The van der Waals surface area contributed by atoms with Gasteiger partial charge in [-0.3, -0.25) is 0 Å². The summed E-state index contributed by atoms with van der Waals surface area (Å²) in [6.07, 6.45) is 2.53. The van der Waals surface area contributed by atoms with Gasteiger partial charge < -0.3 is 13.9 Å². The standard InChI is InChI=1S/C21H15Cl2FN4O3S/c1-12(19-27-28-21(31-19)32-11-13-2-7-18(23)25-9-13)29-15-3-5-16(6-4-15)30-20-17(24)8-14(22)10-26-20/h2-10,12H,11H2,1H3/t12-/m1/s1. The van der Waals surface area contributed by atoms with Gasteiger partial charge in [-0.2, -0.15) is 0 Å². The number of rotatable bonds is 8. The third-order valence-electron chi connectivity index (χ3n) is 4.05. The maximum absolute atomic E-state index is 13.8. The highest BCUT2D eigenvalue weighted by molar-refractivity contribution is 7.98. The van der Waals surface area contributed by atoms with E-state index in [-0.39, 0.29) is 10.9 Å². The number of halogens is 3. The summed E-state index contributed by atoms with van der Waals surface area (Å²) in [5.74, 6) is 1.09. The van der Waals surface area contributed by atoms with Crippen LogP contribution in [0.15, 0.2) is 64.5 Å². The molecule has 0 unspecified atom stereocenters. The van der Waals surface area contributed by atoms with Crippen molar-refractivity contribution in [3.63, 3.8) is 0 Å². The van der Waals surface area contributed by atoms with Crippen molar-refractivity contribution >= 4 is 35.0 Å². The summed E-state index contributed by atoms with van der Waals surface area (Å²) in [4.78, 5) is 7.86. The first-order chi connectivity index (χ1) is 15.5. The van der Waals surface area contributed by atoms with E-state index in [1.54, 1.807) is 43.5 Å². The highest BCUT2D eigenvalue weighted by Gasteiger charge is 2.16. The normalized spacial score (nSPS) is 11.9. The molecule has 1 atom stereocenters. The maximum atomic E-state index is 13.8. The lowest BCUT2D eigenvalue weighted by Crippen LogP contribution is -2.03. The molecule has 11 heteroatoms. The van der Waals surface area contributed by atoms with Gasteiger partial charge in [-0.05, 0) is 48.9 Å². The molecule has 32 heavy (non-hydrogen) atoms. The topological polar surface area (TPSA) is 83.2 Å². The van der Waals surface area contributed by atoms with Gasteiger partial charge in [-0.1, -0.05) is 41.0 Å². The Morgan fingerprint density at radius 3 is 2.53 bits per heavy atom. The van der Waals surface area contributed by atoms with E-state index in [4.69, 9.17) is 37.1 Å². The molecule has 0 aliphatic rings. The van der Waals surface area contributed by atoms with Crippen molar-refractivity contribution in [1.29, 1.82) is 0 Å². The predicted molar refractivity (Wildman–Crippen MR) is 118 cm³/mol. The van der Waals surface area contributed by atoms with Crippen LogP contribution in [0.25, 0.3) is 0 Å². The lowest BCUT2D eigenvalue weighted by atomic mass is 10.3. The molecule has 0 spiro atoms. The third kappa shape index (κ3) is 5.87. The van der Waals surface area contributed by atoms with Gasteiger partial charge in [0, 0.05) is 18.1 Å². The Balaban J connectivity index is 1.32. The zero-order valence-corrected chi connectivity index (χ0v) is 18.9. The van der Waals surface area contributed by atoms with Crippen LogP contribution in [0.1, 0.15) is 24.5 Å². The number of benzene rings is 1. The SMILES string of the molecule is C[C@@H](Oc1ccc(Oc2ncc(Cl)cc2F)cc1)c1nnc(SCc2ccc(Cl)nc2)o1. The second-order valence-corrected chi connectivity index (χ2v) is 8.21. The van der Waals surface area contributed by atoms with Crippen LogP contribution in [-0.2, 0) is 5.75 Å². The Hall–Kier alpha value is -2.88. The minimum Gasteiger partial charge on any atom is -0.481 e. The highest BCUT2D eigenvalue weighted by Crippen LogP contribution is 2.29. The molecule has 0 saturated heterocycles. The molecule has 0 saturated carbocycles. The van der Waals surface area contributed by atoms with Crippen LogP contribution in [0.4, 0.5) is 4.39 Å². The molecule has 4 aromatic rings. The van der Waals surface area contributed by atoms with Crippen LogP contribution in [0.2, 0.25) is 10.2 Å². The Labute approximate surface area is 196 Å². The Morgan fingerprint density at radius 2 is 1.81 bits per heavy atom. The van der Waals surface area contributed by atoms with Gasteiger partial charge in [0.05, 0.1) is 5.02 Å². The van der Waals surface area contributed by atoms with Gasteiger partial charge in [-0.25, -0.2) is 14.4 Å². The van der Waals surface area contributed by atoms with Crippen molar-refractivity contribution in [3.05, 3.63) is 82.3 Å². The van der Waals surface area contributed by atoms with Gasteiger partial charge in [0.2, 0.25) is 0 Å². The average molecular weight is 493 g/mol. The molecule has 0 amide bonds. The summed E-state index contributed by atoms with van der Waals surface area (Å²) in [5, 5.41) is 9.14. The van der Waals surface area contributed by atoms with Crippen molar-refractivity contribution in [2.24, 2.45) is 0 Å². The van der Waals surface area contributed by atoms with E-state index in [1.165, 1.54) is 18.0 Å². The van der Waals surface area contributed by atoms with Crippen LogP contribution in [0.5, 0.6) is 17.4 Å². The molecule has 0 aliphatic heterocycles. The maximum Gasteiger partial charge on any atom is 0.277 e. The highest BCUT2D eigenvalue weighted by atomic mass is 35.5. The molecule has 3 aromatic heterocycles. The van der Waals surface area contributed by atoms with Gasteiger partial charge >= 0.3 is 0 Å². The molecular formula is C21H15Cl2FN4O3S. The third-order valence-corrected chi connectivity index (χ3v) is 5.37. The monoisotopic (exact) mass is 492 g/mol. The average Bonchev–Trinajstić information content (AvgIpc) is 3.26. The van der Waals surface area contributed by atoms with E-state index in [0.29, 0.717) is 33.5 Å². The van der Waals surface area contributed by atoms with Crippen LogP contribution >= 0.6 is 35.0 Å². The van der Waals surface area contributed by atoms with Crippen molar-refractivity contribution in [3.8, 4) is 17.4 Å². The van der Waals surface area contributed by atoms with Crippen LogP contribution in [0.3, 0.4) is 0 Å². The van der Waals surface area contributed by atoms with E-state index < -0.39 is 11.9 Å². The molecule has 0 N–H and O–H groups in total. The number of aromatic nitrogens is 4. The summed E-state index contributed by atoms with van der Waals surface area (Å²) in [6, 6.07) is 11.4. The van der Waals surface area contributed by atoms with E-state index in [1.807, 2.05) is 6.07 Å². The number of pyridine rings is 2. The first-order valence-electron chi connectivity index (χ1n) is 9.28. The molecule has 1 aromatic carbocycles. The number of ether oxygens (including phenoxy) is 2. The van der Waals surface area contributed by atoms with Gasteiger partial charge in [0.1, 0.15) is 16.7 Å². The predicted octanol–water partition coefficient (Wildman–Crippen LogP) is 6.53. The van der Waals surface area contributed by atoms with Crippen molar-refractivity contribution < 1.29 is 18.3 Å². The number of nitrogens with zero attached hydrogens (tertiary/aromatic N) is 4. The largest absolute Gasteiger partial charge is 0.481 e. The molecule has 7 nitrogen and oxygen atoms in total. The minimum absolute atomic E-state index is 0.165. The number of hydrogen-bond donors (Lipinski definition) is 0. The Bertz CT molecular complexity index is 1190. The van der Waals surface area contributed by atoms with E-state index in [0.717, 1.165) is 11.6 Å².